The van der Waals surface area contributed by atoms with Crippen molar-refractivity contribution in [3.05, 3.63) is 33.0 Å². The first kappa shape index (κ1) is 13.8. The number of carbonyl (C=O) groups excluding carboxylic acids is 1. The second kappa shape index (κ2) is 5.56. The van der Waals surface area contributed by atoms with E-state index in [1.165, 1.54) is 17.7 Å². The Balaban J connectivity index is 2.27. The Morgan fingerprint density at radius 2 is 2.26 bits per heavy atom. The molecule has 5 nitrogen and oxygen atoms in total. The molecule has 1 aromatic carbocycles. The molecule has 0 bridgehead atoms. The van der Waals surface area contributed by atoms with Gasteiger partial charge in [0.05, 0.1) is 17.1 Å². The highest BCUT2D eigenvalue weighted by molar-refractivity contribution is 9.10. The summed E-state index contributed by atoms with van der Waals surface area (Å²) < 4.78 is 24.4. The number of aromatic nitrogens is 1. The number of ether oxygens (including phenoxy) is 1. The molecule has 2 aromatic rings. The van der Waals surface area contributed by atoms with E-state index in [4.69, 9.17) is 4.42 Å². The molecule has 0 aliphatic heterocycles. The summed E-state index contributed by atoms with van der Waals surface area (Å²) in [6, 6.07) is 2.63. The van der Waals surface area contributed by atoms with Crippen LogP contribution in [0, 0.1) is 5.82 Å². The van der Waals surface area contributed by atoms with E-state index >= 15 is 0 Å². The van der Waals surface area contributed by atoms with Crippen molar-refractivity contribution in [2.45, 2.75) is 19.4 Å². The van der Waals surface area contributed by atoms with E-state index in [0.29, 0.717) is 18.5 Å². The summed E-state index contributed by atoms with van der Waals surface area (Å²) in [6.45, 7) is 0.305. The van der Waals surface area contributed by atoms with Crippen LogP contribution in [0.2, 0.25) is 0 Å². The largest absolute Gasteiger partial charge is 0.469 e. The molecule has 0 radical (unpaired) electrons. The van der Waals surface area contributed by atoms with Gasteiger partial charge in [-0.3, -0.25) is 9.36 Å². The van der Waals surface area contributed by atoms with E-state index in [-0.39, 0.29) is 22.4 Å². The minimum Gasteiger partial charge on any atom is -0.469 e. The lowest BCUT2D eigenvalue weighted by molar-refractivity contribution is -0.140. The molecule has 2 rings (SSSR count). The lowest BCUT2D eigenvalue weighted by Gasteiger charge is -2.02. The van der Waals surface area contributed by atoms with E-state index in [1.807, 2.05) is 0 Å². The second-order valence-electron chi connectivity index (χ2n) is 3.93. The van der Waals surface area contributed by atoms with Crippen LogP contribution < -0.4 is 5.76 Å². The molecule has 0 spiro atoms. The summed E-state index contributed by atoms with van der Waals surface area (Å²) in [7, 11) is 1.31. The van der Waals surface area contributed by atoms with Crippen molar-refractivity contribution in [1.29, 1.82) is 0 Å². The molecule has 19 heavy (non-hydrogen) atoms. The van der Waals surface area contributed by atoms with Crippen LogP contribution in [0.15, 0.2) is 25.8 Å². The lowest BCUT2D eigenvalue weighted by Crippen LogP contribution is -2.15. The summed E-state index contributed by atoms with van der Waals surface area (Å²) in [5.41, 5.74) is 0.673. The lowest BCUT2D eigenvalue weighted by atomic mass is 10.3. The second-order valence-corrected chi connectivity index (χ2v) is 4.79. The highest BCUT2D eigenvalue weighted by Crippen LogP contribution is 2.22. The number of oxazole rings is 1. The van der Waals surface area contributed by atoms with Crippen molar-refractivity contribution < 1.29 is 18.3 Å². The first-order valence-corrected chi connectivity index (χ1v) is 6.37. The van der Waals surface area contributed by atoms with Gasteiger partial charge in [-0.1, -0.05) is 0 Å². The Labute approximate surface area is 116 Å². The van der Waals surface area contributed by atoms with Crippen LogP contribution in [0.25, 0.3) is 11.1 Å². The van der Waals surface area contributed by atoms with Gasteiger partial charge in [0.1, 0.15) is 5.82 Å². The topological polar surface area (TPSA) is 61.4 Å². The number of nitrogens with zero attached hydrogens (tertiary/aromatic N) is 1. The number of hydrogen-bond acceptors (Lipinski definition) is 4. The summed E-state index contributed by atoms with van der Waals surface area (Å²) in [6.07, 6.45) is 0.647. The van der Waals surface area contributed by atoms with Crippen molar-refractivity contribution in [2.75, 3.05) is 7.11 Å². The van der Waals surface area contributed by atoms with Gasteiger partial charge in [0.25, 0.3) is 0 Å². The van der Waals surface area contributed by atoms with E-state index in [2.05, 4.69) is 20.7 Å². The smallest absolute Gasteiger partial charge is 0.419 e. The van der Waals surface area contributed by atoms with Crippen LogP contribution in [0.3, 0.4) is 0 Å². The maximum atomic E-state index is 13.3. The monoisotopic (exact) mass is 331 g/mol. The molecule has 0 saturated heterocycles. The Morgan fingerprint density at radius 1 is 1.53 bits per heavy atom. The number of hydrogen-bond donors (Lipinski definition) is 0. The van der Waals surface area contributed by atoms with E-state index in [1.54, 1.807) is 0 Å². The molecule has 7 heteroatoms. The normalized spacial score (nSPS) is 10.9. The number of fused-ring (bicyclic) bond motifs is 1. The molecule has 0 aliphatic carbocycles. The third-order valence-electron chi connectivity index (χ3n) is 2.70. The third-order valence-corrected chi connectivity index (χ3v) is 3.31. The molecular weight excluding hydrogens is 321 g/mol. The Hall–Kier alpha value is -1.63. The molecule has 0 aliphatic rings. The van der Waals surface area contributed by atoms with E-state index in [0.717, 1.165) is 6.07 Å². The first-order valence-electron chi connectivity index (χ1n) is 5.58. The standard InChI is InChI=1S/C12H11BrFNO4/c1-18-11(16)3-2-4-15-9-5-7(13)8(14)6-10(9)19-12(15)17/h5-6H,2-4H2,1H3. The Kier molecular flexibility index (Phi) is 4.04. The van der Waals surface area contributed by atoms with Crippen LogP contribution >= 0.6 is 15.9 Å². The minimum atomic E-state index is -0.572. The van der Waals surface area contributed by atoms with Gasteiger partial charge in [-0.25, -0.2) is 9.18 Å². The van der Waals surface area contributed by atoms with E-state index in [9.17, 15) is 14.0 Å². The molecule has 102 valence electrons. The highest BCUT2D eigenvalue weighted by Gasteiger charge is 2.13. The molecule has 0 saturated carbocycles. The van der Waals surface area contributed by atoms with Crippen LogP contribution in [-0.2, 0) is 16.1 Å². The fourth-order valence-corrected chi connectivity index (χ4v) is 2.08. The van der Waals surface area contributed by atoms with Gasteiger partial charge in [0.15, 0.2) is 5.58 Å². The van der Waals surface area contributed by atoms with Crippen LogP contribution in [0.1, 0.15) is 12.8 Å². The molecule has 0 unspecified atom stereocenters. The quantitative estimate of drug-likeness (QED) is 0.807. The van der Waals surface area contributed by atoms with Gasteiger partial charge in [-0.05, 0) is 28.4 Å². The minimum absolute atomic E-state index is 0.184. The maximum absolute atomic E-state index is 13.3. The zero-order valence-electron chi connectivity index (χ0n) is 10.1. The van der Waals surface area contributed by atoms with Gasteiger partial charge < -0.3 is 9.15 Å². The van der Waals surface area contributed by atoms with Crippen molar-refractivity contribution in [1.82, 2.24) is 4.57 Å². The fraction of sp³-hybridized carbons (Fsp3) is 0.333. The maximum Gasteiger partial charge on any atom is 0.419 e. The average molecular weight is 332 g/mol. The van der Waals surface area contributed by atoms with E-state index < -0.39 is 11.6 Å². The average Bonchev–Trinajstić information content (AvgIpc) is 2.66. The van der Waals surface area contributed by atoms with Crippen LogP contribution in [0.4, 0.5) is 4.39 Å². The van der Waals surface area contributed by atoms with Gasteiger partial charge in [-0.2, -0.15) is 0 Å². The fourth-order valence-electron chi connectivity index (χ4n) is 1.75. The summed E-state index contributed by atoms with van der Waals surface area (Å²) in [4.78, 5) is 22.6. The number of carbonyl (C=O) groups is 1. The molecular formula is C12H11BrFNO4. The predicted molar refractivity (Wildman–Crippen MR) is 69.4 cm³/mol. The Morgan fingerprint density at radius 3 is 2.95 bits per heavy atom. The number of benzene rings is 1. The third kappa shape index (κ3) is 2.86. The predicted octanol–water partition coefficient (Wildman–Crippen LogP) is 2.45. The van der Waals surface area contributed by atoms with Crippen molar-refractivity contribution >= 4 is 33.0 Å². The Bertz CT molecular complexity index is 676. The summed E-state index contributed by atoms with van der Waals surface area (Å²) in [5, 5.41) is 0. The number of halogens is 2. The van der Waals surface area contributed by atoms with Crippen LogP contribution in [-0.4, -0.2) is 17.6 Å². The number of esters is 1. The van der Waals surface area contributed by atoms with Crippen molar-refractivity contribution in [2.24, 2.45) is 0 Å². The molecule has 1 heterocycles. The zero-order valence-corrected chi connectivity index (χ0v) is 11.7. The highest BCUT2D eigenvalue weighted by atomic mass is 79.9. The SMILES string of the molecule is COC(=O)CCCn1c(=O)oc2cc(F)c(Br)cc21. The summed E-state index contributed by atoms with van der Waals surface area (Å²) >= 11 is 3.06. The zero-order chi connectivity index (χ0) is 14.0. The number of rotatable bonds is 4. The van der Waals surface area contributed by atoms with Gasteiger partial charge in [-0.15, -0.1) is 0 Å². The number of methoxy groups -OCH3 is 1. The molecule has 0 atom stereocenters. The molecule has 0 fully saturated rings. The molecule has 0 amide bonds. The van der Waals surface area contributed by atoms with Crippen molar-refractivity contribution in [3.8, 4) is 0 Å². The molecule has 1 aromatic heterocycles. The van der Waals surface area contributed by atoms with Gasteiger partial charge >= 0.3 is 11.7 Å². The first-order chi connectivity index (χ1) is 9.02. The van der Waals surface area contributed by atoms with Gasteiger partial charge in [0, 0.05) is 19.0 Å². The summed E-state index contributed by atoms with van der Waals surface area (Å²) in [5.74, 6) is -1.41. The van der Waals surface area contributed by atoms with Crippen LogP contribution in [0.5, 0.6) is 0 Å². The number of aryl methyl sites for hydroxylation is 1. The van der Waals surface area contributed by atoms with Gasteiger partial charge in [0.2, 0.25) is 0 Å². The van der Waals surface area contributed by atoms with Crippen molar-refractivity contribution in [3.63, 3.8) is 0 Å². The molecule has 0 N–H and O–H groups in total.